The first-order valence-corrected chi connectivity index (χ1v) is 5.56. The van der Waals surface area contributed by atoms with Crippen molar-refractivity contribution in [2.75, 3.05) is 20.8 Å². The summed E-state index contributed by atoms with van der Waals surface area (Å²) in [7, 11) is 3.12. The summed E-state index contributed by atoms with van der Waals surface area (Å²) in [6.07, 6.45) is 0.873. The number of ether oxygens (including phenoxy) is 3. The van der Waals surface area contributed by atoms with Crippen LogP contribution in [0.2, 0.25) is 0 Å². The second-order valence-electron chi connectivity index (χ2n) is 3.51. The van der Waals surface area contributed by atoms with Crippen LogP contribution in [0, 0.1) is 0 Å². The fraction of sp³-hybridized carbons (Fsp3) is 0.417. The van der Waals surface area contributed by atoms with Gasteiger partial charge >= 0.3 is 0 Å². The number of nitrogens with one attached hydrogen (secondary N) is 1. The molecule has 18 heavy (non-hydrogen) atoms. The van der Waals surface area contributed by atoms with Crippen LogP contribution >= 0.6 is 0 Å². The van der Waals surface area contributed by atoms with Crippen molar-refractivity contribution in [1.82, 2.24) is 5.43 Å². The van der Waals surface area contributed by atoms with Crippen molar-refractivity contribution < 1.29 is 19.0 Å². The number of para-hydroxylation sites is 1. The molecule has 100 valence electrons. The van der Waals surface area contributed by atoms with E-state index in [4.69, 9.17) is 20.1 Å². The lowest BCUT2D eigenvalue weighted by molar-refractivity contribution is -0.121. The second-order valence-corrected chi connectivity index (χ2v) is 3.51. The Bertz CT molecular complexity index is 373. The normalized spacial score (nSPS) is 9.72. The van der Waals surface area contributed by atoms with Crippen LogP contribution in [-0.4, -0.2) is 26.7 Å². The van der Waals surface area contributed by atoms with Crippen LogP contribution in [0.3, 0.4) is 0 Å². The summed E-state index contributed by atoms with van der Waals surface area (Å²) in [4.78, 5) is 10.9. The maximum Gasteiger partial charge on any atom is 0.234 e. The maximum absolute atomic E-state index is 10.9. The lowest BCUT2D eigenvalue weighted by Gasteiger charge is -2.13. The third kappa shape index (κ3) is 3.81. The molecule has 1 aromatic rings. The van der Waals surface area contributed by atoms with Gasteiger partial charge in [-0.2, -0.15) is 0 Å². The van der Waals surface area contributed by atoms with Crippen molar-refractivity contribution >= 4 is 5.91 Å². The van der Waals surface area contributed by atoms with Gasteiger partial charge in [0.25, 0.3) is 0 Å². The maximum atomic E-state index is 10.9. The molecule has 0 heterocycles. The Labute approximate surface area is 106 Å². The van der Waals surface area contributed by atoms with Gasteiger partial charge in [-0.1, -0.05) is 6.07 Å². The van der Waals surface area contributed by atoms with Gasteiger partial charge in [0.05, 0.1) is 20.8 Å². The van der Waals surface area contributed by atoms with Gasteiger partial charge in [0.2, 0.25) is 11.7 Å². The molecule has 0 atom stereocenters. The average Bonchev–Trinajstić information content (AvgIpc) is 2.42. The van der Waals surface area contributed by atoms with Crippen molar-refractivity contribution in [3.63, 3.8) is 0 Å². The summed E-state index contributed by atoms with van der Waals surface area (Å²) in [5, 5.41) is 0. The highest BCUT2D eigenvalue weighted by molar-refractivity contribution is 5.75. The Morgan fingerprint density at radius 2 is 1.89 bits per heavy atom. The SMILES string of the molecule is COc1cccc(OC)c1OCCCC(=O)NN. The molecule has 0 aliphatic heterocycles. The van der Waals surface area contributed by atoms with Gasteiger partial charge in [0.1, 0.15) is 0 Å². The zero-order chi connectivity index (χ0) is 13.4. The van der Waals surface area contributed by atoms with Gasteiger partial charge in [-0.3, -0.25) is 10.2 Å². The van der Waals surface area contributed by atoms with Gasteiger partial charge in [0, 0.05) is 6.42 Å². The Kier molecular flexibility index (Phi) is 5.79. The minimum Gasteiger partial charge on any atom is -0.493 e. The molecular formula is C12H18N2O4. The molecule has 1 aromatic carbocycles. The molecule has 0 aromatic heterocycles. The van der Waals surface area contributed by atoms with Crippen LogP contribution in [0.15, 0.2) is 18.2 Å². The van der Waals surface area contributed by atoms with Crippen LogP contribution in [0.1, 0.15) is 12.8 Å². The molecule has 0 aliphatic rings. The van der Waals surface area contributed by atoms with Crippen LogP contribution in [0.4, 0.5) is 0 Å². The van der Waals surface area contributed by atoms with E-state index in [9.17, 15) is 4.79 Å². The summed E-state index contributed by atoms with van der Waals surface area (Å²) >= 11 is 0. The van der Waals surface area contributed by atoms with Gasteiger partial charge in [-0.15, -0.1) is 0 Å². The molecule has 6 heteroatoms. The van der Waals surface area contributed by atoms with Crippen LogP contribution < -0.4 is 25.5 Å². The molecule has 3 N–H and O–H groups in total. The summed E-state index contributed by atoms with van der Waals surface area (Å²) in [5.41, 5.74) is 2.06. The first-order chi connectivity index (χ1) is 8.72. The third-order valence-electron chi connectivity index (χ3n) is 2.34. The first kappa shape index (κ1) is 14.1. The molecule has 0 radical (unpaired) electrons. The van der Waals surface area contributed by atoms with E-state index in [0.29, 0.717) is 36.7 Å². The quantitative estimate of drug-likeness (QED) is 0.326. The topological polar surface area (TPSA) is 82.8 Å². The van der Waals surface area contributed by atoms with Crippen LogP contribution in [0.5, 0.6) is 17.2 Å². The first-order valence-electron chi connectivity index (χ1n) is 5.56. The molecule has 1 amide bonds. The van der Waals surface area contributed by atoms with Crippen molar-refractivity contribution in [2.45, 2.75) is 12.8 Å². The number of benzene rings is 1. The Balaban J connectivity index is 2.57. The van der Waals surface area contributed by atoms with Crippen LogP contribution in [-0.2, 0) is 4.79 Å². The number of hydrogen-bond acceptors (Lipinski definition) is 5. The number of carbonyl (C=O) groups excluding carboxylic acids is 1. The molecule has 0 bridgehead atoms. The average molecular weight is 254 g/mol. The summed E-state index contributed by atoms with van der Waals surface area (Å²) in [5.74, 6) is 6.49. The molecular weight excluding hydrogens is 236 g/mol. The Morgan fingerprint density at radius 3 is 2.39 bits per heavy atom. The third-order valence-corrected chi connectivity index (χ3v) is 2.34. The summed E-state index contributed by atoms with van der Waals surface area (Å²) < 4.78 is 15.9. The smallest absolute Gasteiger partial charge is 0.234 e. The van der Waals surface area contributed by atoms with Crippen LogP contribution in [0.25, 0.3) is 0 Å². The molecule has 0 aliphatic carbocycles. The molecule has 0 unspecified atom stereocenters. The van der Waals surface area contributed by atoms with E-state index in [1.165, 1.54) is 0 Å². The monoisotopic (exact) mass is 254 g/mol. The molecule has 1 rings (SSSR count). The fourth-order valence-electron chi connectivity index (χ4n) is 1.44. The molecule has 6 nitrogen and oxygen atoms in total. The Morgan fingerprint density at radius 1 is 1.28 bits per heavy atom. The lowest BCUT2D eigenvalue weighted by atomic mass is 10.3. The highest BCUT2D eigenvalue weighted by Crippen LogP contribution is 2.36. The zero-order valence-electron chi connectivity index (χ0n) is 10.6. The minimum absolute atomic E-state index is 0.217. The predicted octanol–water partition coefficient (Wildman–Crippen LogP) is 0.853. The van der Waals surface area contributed by atoms with E-state index in [1.54, 1.807) is 26.4 Å². The van der Waals surface area contributed by atoms with Gasteiger partial charge < -0.3 is 14.2 Å². The number of amides is 1. The number of hydrazine groups is 1. The van der Waals surface area contributed by atoms with E-state index < -0.39 is 0 Å². The minimum atomic E-state index is -0.217. The van der Waals surface area contributed by atoms with Crippen molar-refractivity contribution in [1.29, 1.82) is 0 Å². The second kappa shape index (κ2) is 7.39. The van der Waals surface area contributed by atoms with E-state index in [0.717, 1.165) is 0 Å². The standard InChI is InChI=1S/C12H18N2O4/c1-16-9-5-3-6-10(17-2)12(9)18-8-4-7-11(15)14-13/h3,5-6H,4,7-8,13H2,1-2H3,(H,14,15). The van der Waals surface area contributed by atoms with Gasteiger partial charge in [-0.25, -0.2) is 5.84 Å². The molecule has 0 fully saturated rings. The molecule has 0 saturated carbocycles. The van der Waals surface area contributed by atoms with E-state index >= 15 is 0 Å². The number of carbonyl (C=O) groups is 1. The molecule has 0 spiro atoms. The fourth-order valence-corrected chi connectivity index (χ4v) is 1.44. The van der Waals surface area contributed by atoms with E-state index in [-0.39, 0.29) is 5.91 Å². The van der Waals surface area contributed by atoms with E-state index in [2.05, 4.69) is 5.43 Å². The number of nitrogens with two attached hydrogens (primary N) is 1. The van der Waals surface area contributed by atoms with E-state index in [1.807, 2.05) is 6.07 Å². The number of rotatable bonds is 7. The number of methoxy groups -OCH3 is 2. The summed E-state index contributed by atoms with van der Waals surface area (Å²) in [6, 6.07) is 5.38. The highest BCUT2D eigenvalue weighted by Gasteiger charge is 2.11. The van der Waals surface area contributed by atoms with Gasteiger partial charge in [-0.05, 0) is 18.6 Å². The Hall–Kier alpha value is -1.95. The largest absolute Gasteiger partial charge is 0.493 e. The predicted molar refractivity (Wildman–Crippen MR) is 66.6 cm³/mol. The van der Waals surface area contributed by atoms with Gasteiger partial charge in [0.15, 0.2) is 11.5 Å². The summed E-state index contributed by atoms with van der Waals surface area (Å²) in [6.45, 7) is 0.379. The highest BCUT2D eigenvalue weighted by atomic mass is 16.5. The van der Waals surface area contributed by atoms with Crippen molar-refractivity contribution in [3.8, 4) is 17.2 Å². The van der Waals surface area contributed by atoms with Crippen molar-refractivity contribution in [3.05, 3.63) is 18.2 Å². The zero-order valence-corrected chi connectivity index (χ0v) is 10.6. The van der Waals surface area contributed by atoms with Crippen molar-refractivity contribution in [2.24, 2.45) is 5.84 Å². The molecule has 0 saturated heterocycles. The lowest BCUT2D eigenvalue weighted by Crippen LogP contribution is -2.29. The number of hydrogen-bond donors (Lipinski definition) is 2.